The molecule has 0 saturated heterocycles. The molecule has 0 bridgehead atoms. The van der Waals surface area contributed by atoms with Crippen molar-refractivity contribution < 1.29 is 14.0 Å². The van der Waals surface area contributed by atoms with Crippen LogP contribution in [0, 0.1) is 0 Å². The second kappa shape index (κ2) is 14.5. The smallest absolute Gasteiger partial charge is 0.342 e. The van der Waals surface area contributed by atoms with Crippen LogP contribution in [-0.4, -0.2) is 43.9 Å². The van der Waals surface area contributed by atoms with Crippen molar-refractivity contribution >= 4 is 35.6 Å². The normalized spacial score (nSPS) is 15.8. The number of H-pyrrole nitrogens is 1. The minimum Gasteiger partial charge on any atom is -0.431 e. The molecule has 0 amide bonds. The van der Waals surface area contributed by atoms with Gasteiger partial charge in [0.15, 0.2) is 0 Å². The van der Waals surface area contributed by atoms with Crippen LogP contribution in [0.15, 0.2) is 140 Å². The zero-order valence-electron chi connectivity index (χ0n) is 27.6. The Morgan fingerprint density at radius 3 is 2.13 bits per heavy atom. The Morgan fingerprint density at radius 1 is 0.851 bits per heavy atom. The summed E-state index contributed by atoms with van der Waals surface area (Å²) in [5.41, 5.74) is 4.44. The fourth-order valence-electron chi connectivity index (χ4n) is 7.06. The maximum absolute atomic E-state index is 12.3. The summed E-state index contributed by atoms with van der Waals surface area (Å²) >= 11 is 0. The number of hydrogen-bond donors (Lipinski definition) is 1. The third-order valence-electron chi connectivity index (χ3n) is 9.25. The van der Waals surface area contributed by atoms with Crippen molar-refractivity contribution in [3.8, 4) is 0 Å². The van der Waals surface area contributed by atoms with Crippen molar-refractivity contribution in [2.75, 3.05) is 19.7 Å². The summed E-state index contributed by atoms with van der Waals surface area (Å²) in [6.07, 6.45) is 9.17. The highest BCUT2D eigenvalue weighted by atomic mass is 28.4. The zero-order valence-corrected chi connectivity index (χ0v) is 28.6. The van der Waals surface area contributed by atoms with E-state index in [-0.39, 0.29) is 17.0 Å². The Labute approximate surface area is 279 Å². The quantitative estimate of drug-likeness (QED) is 0.0689. The molecule has 1 N–H and O–H groups in total. The molecular formula is C41H44N2O3Si. The zero-order chi connectivity index (χ0) is 32.7. The molecule has 0 unspecified atom stereocenters. The summed E-state index contributed by atoms with van der Waals surface area (Å²) in [6.45, 7) is 9.36. The number of para-hydroxylation sites is 1. The van der Waals surface area contributed by atoms with Crippen molar-refractivity contribution in [1.82, 2.24) is 9.88 Å². The van der Waals surface area contributed by atoms with Gasteiger partial charge in [-0.1, -0.05) is 130 Å². The van der Waals surface area contributed by atoms with Gasteiger partial charge >= 0.3 is 5.97 Å². The second-order valence-corrected chi connectivity index (χ2v) is 17.5. The van der Waals surface area contributed by atoms with E-state index >= 15 is 0 Å². The molecule has 1 aliphatic heterocycles. The van der Waals surface area contributed by atoms with Crippen LogP contribution in [0.4, 0.5) is 0 Å². The Kier molecular flexibility index (Phi) is 10.0. The first kappa shape index (κ1) is 32.4. The van der Waals surface area contributed by atoms with Gasteiger partial charge in [0.25, 0.3) is 8.32 Å². The molecule has 1 atom stereocenters. The van der Waals surface area contributed by atoms with Crippen molar-refractivity contribution in [3.05, 3.63) is 157 Å². The number of nitrogens with zero attached hydrogens (tertiary/aromatic N) is 1. The number of allylic oxidation sites excluding steroid dienone is 2. The average Bonchev–Trinajstić information content (AvgIpc) is 3.48. The lowest BCUT2D eigenvalue weighted by atomic mass is 9.95. The van der Waals surface area contributed by atoms with Crippen LogP contribution in [0.2, 0.25) is 5.04 Å². The van der Waals surface area contributed by atoms with E-state index in [0.717, 1.165) is 25.9 Å². The minimum absolute atomic E-state index is 0.0761. The molecule has 5 aromatic rings. The monoisotopic (exact) mass is 640 g/mol. The van der Waals surface area contributed by atoms with Crippen LogP contribution in [0.3, 0.4) is 0 Å². The molecule has 0 saturated carbocycles. The van der Waals surface area contributed by atoms with Crippen molar-refractivity contribution in [2.45, 2.75) is 44.7 Å². The van der Waals surface area contributed by atoms with Gasteiger partial charge in [-0.25, -0.2) is 4.79 Å². The van der Waals surface area contributed by atoms with Crippen LogP contribution in [0.25, 0.3) is 10.9 Å². The molecule has 6 heteroatoms. The molecule has 47 heavy (non-hydrogen) atoms. The number of carbonyl (C=O) groups excluding carboxylic acids is 1. The number of hydrogen-bond acceptors (Lipinski definition) is 4. The van der Waals surface area contributed by atoms with Crippen LogP contribution < -0.4 is 10.4 Å². The molecule has 1 aromatic heterocycles. The SMILES string of the molecule is CC(C)(C)[Si](OCC[C@H]1c2[nH]c3ccccc3c2CCN1C/C=C/C=C/OC(=O)c1ccccc1)(c1ccccc1)c1ccccc1. The lowest BCUT2D eigenvalue weighted by Crippen LogP contribution is -2.66. The number of benzene rings is 4. The number of carbonyl (C=O) groups is 1. The average molecular weight is 641 g/mol. The van der Waals surface area contributed by atoms with Gasteiger partial charge in [0, 0.05) is 36.3 Å². The topological polar surface area (TPSA) is 54.6 Å². The second-order valence-electron chi connectivity index (χ2n) is 13.2. The first-order valence-corrected chi connectivity index (χ1v) is 18.5. The standard InChI is InChI=1S/C41H44N2O3Si/c1-41(2,3)47(33-20-10-5-11-21-33,34-22-12-6-13-23-34)46-31-27-38-39-36(35-24-14-15-25-37(35)42-39)26-29-43(38)28-16-7-17-30-45-40(44)32-18-8-4-9-19-32/h4-25,30,38,42H,26-29,31H2,1-3H3/b16-7+,30-17+/t38-/m0/s1. The molecule has 240 valence electrons. The molecule has 5 nitrogen and oxygen atoms in total. The summed E-state index contributed by atoms with van der Waals surface area (Å²) in [5, 5.41) is 3.84. The fraction of sp³-hybridized carbons (Fsp3) is 0.244. The van der Waals surface area contributed by atoms with Gasteiger partial charge in [0.2, 0.25) is 0 Å². The summed E-state index contributed by atoms with van der Waals surface area (Å²) in [6, 6.07) is 39.6. The van der Waals surface area contributed by atoms with E-state index in [1.54, 1.807) is 18.2 Å². The maximum Gasteiger partial charge on any atom is 0.342 e. The highest BCUT2D eigenvalue weighted by Gasteiger charge is 2.50. The van der Waals surface area contributed by atoms with Crippen LogP contribution in [-0.2, 0) is 15.6 Å². The number of rotatable bonds is 11. The highest BCUT2D eigenvalue weighted by Crippen LogP contribution is 2.39. The van der Waals surface area contributed by atoms with Crippen LogP contribution >= 0.6 is 0 Å². The number of aromatic amines is 1. The lowest BCUT2D eigenvalue weighted by Gasteiger charge is -2.44. The molecule has 6 rings (SSSR count). The van der Waals surface area contributed by atoms with Gasteiger partial charge in [-0.05, 0) is 58.1 Å². The molecule has 0 radical (unpaired) electrons. The first-order valence-electron chi connectivity index (χ1n) is 16.5. The molecule has 2 heterocycles. The number of fused-ring (bicyclic) bond motifs is 3. The Bertz CT molecular complexity index is 1790. The molecule has 1 aliphatic rings. The fourth-order valence-corrected chi connectivity index (χ4v) is 11.6. The van der Waals surface area contributed by atoms with Gasteiger partial charge in [-0.15, -0.1) is 0 Å². The highest BCUT2D eigenvalue weighted by molar-refractivity contribution is 6.99. The summed E-state index contributed by atoms with van der Waals surface area (Å²) < 4.78 is 12.6. The van der Waals surface area contributed by atoms with Crippen molar-refractivity contribution in [2.24, 2.45) is 0 Å². The van der Waals surface area contributed by atoms with Gasteiger partial charge in [0.1, 0.15) is 0 Å². The van der Waals surface area contributed by atoms with Gasteiger partial charge in [-0.2, -0.15) is 0 Å². The maximum atomic E-state index is 12.3. The first-order chi connectivity index (χ1) is 22.9. The van der Waals surface area contributed by atoms with E-state index < -0.39 is 8.32 Å². The van der Waals surface area contributed by atoms with E-state index in [4.69, 9.17) is 9.16 Å². The Hall–Kier alpha value is -4.49. The van der Waals surface area contributed by atoms with Crippen molar-refractivity contribution in [3.63, 3.8) is 0 Å². The molecule has 4 aromatic carbocycles. The summed E-state index contributed by atoms with van der Waals surface area (Å²) in [5.74, 6) is -0.362. The van der Waals surface area contributed by atoms with Crippen LogP contribution in [0.5, 0.6) is 0 Å². The predicted octanol–water partition coefficient (Wildman–Crippen LogP) is 7.96. The third kappa shape index (κ3) is 6.96. The Morgan fingerprint density at radius 2 is 1.47 bits per heavy atom. The van der Waals surface area contributed by atoms with Crippen LogP contribution in [0.1, 0.15) is 54.8 Å². The van der Waals surface area contributed by atoms with Crippen molar-refractivity contribution in [1.29, 1.82) is 0 Å². The molecular weight excluding hydrogens is 597 g/mol. The Balaban J connectivity index is 1.23. The van der Waals surface area contributed by atoms with E-state index in [2.05, 4.69) is 122 Å². The molecule has 0 spiro atoms. The van der Waals surface area contributed by atoms with E-state index in [1.165, 1.54) is 38.8 Å². The number of aromatic nitrogens is 1. The number of ether oxygens (including phenoxy) is 1. The van der Waals surface area contributed by atoms with E-state index in [0.29, 0.717) is 12.2 Å². The van der Waals surface area contributed by atoms with E-state index in [1.807, 2.05) is 24.3 Å². The van der Waals surface area contributed by atoms with Gasteiger partial charge < -0.3 is 14.1 Å². The number of nitrogens with one attached hydrogen (secondary N) is 1. The predicted molar refractivity (Wildman–Crippen MR) is 195 cm³/mol. The van der Waals surface area contributed by atoms with Gasteiger partial charge in [0.05, 0.1) is 17.9 Å². The number of esters is 1. The largest absolute Gasteiger partial charge is 0.431 e. The summed E-state index contributed by atoms with van der Waals surface area (Å²) in [4.78, 5) is 18.6. The molecule has 0 aliphatic carbocycles. The lowest BCUT2D eigenvalue weighted by molar-refractivity contribution is 0.0663. The molecule has 0 fully saturated rings. The van der Waals surface area contributed by atoms with E-state index in [9.17, 15) is 4.79 Å². The summed E-state index contributed by atoms with van der Waals surface area (Å²) in [7, 11) is -2.65. The minimum atomic E-state index is -2.65. The van der Waals surface area contributed by atoms with Gasteiger partial charge in [-0.3, -0.25) is 4.90 Å². The third-order valence-corrected chi connectivity index (χ3v) is 14.3.